The molecule has 0 saturated heterocycles. The first-order valence-electron chi connectivity index (χ1n) is 9.56. The molecule has 2 unspecified atom stereocenters. The molecule has 0 spiro atoms. The third-order valence-electron chi connectivity index (χ3n) is 5.19. The zero-order valence-corrected chi connectivity index (χ0v) is 18.0. The van der Waals surface area contributed by atoms with E-state index in [2.05, 4.69) is 27.0 Å². The minimum Gasteiger partial charge on any atom is -0.508 e. The highest BCUT2D eigenvalue weighted by Crippen LogP contribution is 2.40. The molecule has 2 aromatic carbocycles. The van der Waals surface area contributed by atoms with Gasteiger partial charge < -0.3 is 10.2 Å². The van der Waals surface area contributed by atoms with Crippen LogP contribution in [-0.4, -0.2) is 10.2 Å². The SMILES string of the molecule is C=C(Cl)Cc1cc(C(CC)C(CC)c2ccc(O)c(CC(=C)Cl)c2)ccc1O. The van der Waals surface area contributed by atoms with E-state index in [1.165, 1.54) is 0 Å². The Morgan fingerprint density at radius 3 is 1.43 bits per heavy atom. The Labute approximate surface area is 178 Å². The van der Waals surface area contributed by atoms with Gasteiger partial charge in [-0.05, 0) is 59.1 Å². The Morgan fingerprint density at radius 2 is 1.14 bits per heavy atom. The second-order valence-corrected chi connectivity index (χ2v) is 8.26. The van der Waals surface area contributed by atoms with Gasteiger partial charge in [0.1, 0.15) is 11.5 Å². The predicted molar refractivity (Wildman–Crippen MR) is 120 cm³/mol. The van der Waals surface area contributed by atoms with Gasteiger partial charge in [-0.15, -0.1) is 0 Å². The zero-order chi connectivity index (χ0) is 20.8. The van der Waals surface area contributed by atoms with E-state index in [9.17, 15) is 10.2 Å². The molecule has 4 heteroatoms. The first kappa shape index (κ1) is 22.4. The summed E-state index contributed by atoms with van der Waals surface area (Å²) in [5, 5.41) is 21.3. The van der Waals surface area contributed by atoms with E-state index >= 15 is 0 Å². The van der Waals surface area contributed by atoms with Crippen LogP contribution in [-0.2, 0) is 12.8 Å². The van der Waals surface area contributed by atoms with Crippen LogP contribution in [0.4, 0.5) is 0 Å². The molecule has 0 aliphatic carbocycles. The summed E-state index contributed by atoms with van der Waals surface area (Å²) < 4.78 is 0. The third kappa shape index (κ3) is 5.56. The van der Waals surface area contributed by atoms with Crippen molar-refractivity contribution in [2.75, 3.05) is 0 Å². The first-order chi connectivity index (χ1) is 13.3. The summed E-state index contributed by atoms with van der Waals surface area (Å²) in [5.74, 6) is 1.01. The van der Waals surface area contributed by atoms with Gasteiger partial charge in [0, 0.05) is 22.9 Å². The van der Waals surface area contributed by atoms with Gasteiger partial charge in [0.25, 0.3) is 0 Å². The smallest absolute Gasteiger partial charge is 0.119 e. The number of hydrogen-bond acceptors (Lipinski definition) is 2. The molecular weight excluding hydrogens is 391 g/mol. The van der Waals surface area contributed by atoms with Crippen LogP contribution in [0.2, 0.25) is 0 Å². The molecule has 0 aromatic heterocycles. The minimum absolute atomic E-state index is 0.237. The van der Waals surface area contributed by atoms with Crippen molar-refractivity contribution in [3.63, 3.8) is 0 Å². The van der Waals surface area contributed by atoms with Crippen molar-refractivity contribution in [2.24, 2.45) is 0 Å². The maximum atomic E-state index is 10.2. The number of allylic oxidation sites excluding steroid dienone is 2. The highest BCUT2D eigenvalue weighted by Gasteiger charge is 2.24. The van der Waals surface area contributed by atoms with Gasteiger partial charge in [0.05, 0.1) is 0 Å². The number of benzene rings is 2. The molecule has 2 aromatic rings. The molecule has 2 N–H and O–H groups in total. The Hall–Kier alpha value is -1.90. The number of phenolic OH excluding ortho intramolecular Hbond substituents is 2. The highest BCUT2D eigenvalue weighted by atomic mass is 35.5. The van der Waals surface area contributed by atoms with Crippen LogP contribution >= 0.6 is 23.2 Å². The summed E-state index contributed by atoms with van der Waals surface area (Å²) in [7, 11) is 0. The van der Waals surface area contributed by atoms with E-state index in [1.54, 1.807) is 12.1 Å². The molecule has 0 aliphatic rings. The third-order valence-corrected chi connectivity index (χ3v) is 5.46. The van der Waals surface area contributed by atoms with Crippen LogP contribution in [0, 0.1) is 0 Å². The molecule has 28 heavy (non-hydrogen) atoms. The van der Waals surface area contributed by atoms with E-state index in [4.69, 9.17) is 23.2 Å². The predicted octanol–water partition coefficient (Wildman–Crippen LogP) is 7.38. The van der Waals surface area contributed by atoms with Crippen LogP contribution in [0.5, 0.6) is 11.5 Å². The van der Waals surface area contributed by atoms with Gasteiger partial charge in [-0.1, -0.05) is 74.5 Å². The van der Waals surface area contributed by atoms with Crippen LogP contribution in [0.25, 0.3) is 0 Å². The van der Waals surface area contributed by atoms with Gasteiger partial charge >= 0.3 is 0 Å². The second kappa shape index (κ2) is 10.0. The summed E-state index contributed by atoms with van der Waals surface area (Å²) in [4.78, 5) is 0. The quantitative estimate of drug-likeness (QED) is 0.445. The number of hydrogen-bond donors (Lipinski definition) is 2. The number of halogens is 2. The van der Waals surface area contributed by atoms with Gasteiger partial charge in [0.15, 0.2) is 0 Å². The molecule has 0 fully saturated rings. The van der Waals surface area contributed by atoms with Crippen molar-refractivity contribution < 1.29 is 10.2 Å². The molecule has 0 radical (unpaired) electrons. The average molecular weight is 419 g/mol. The number of rotatable bonds is 9. The lowest BCUT2D eigenvalue weighted by Gasteiger charge is -2.27. The van der Waals surface area contributed by atoms with Crippen molar-refractivity contribution in [1.82, 2.24) is 0 Å². The molecule has 0 aliphatic heterocycles. The van der Waals surface area contributed by atoms with Gasteiger partial charge in [-0.3, -0.25) is 0 Å². The fourth-order valence-corrected chi connectivity index (χ4v) is 4.16. The van der Waals surface area contributed by atoms with Crippen molar-refractivity contribution in [2.45, 2.75) is 51.4 Å². The average Bonchev–Trinajstić information content (AvgIpc) is 2.63. The van der Waals surface area contributed by atoms with E-state index in [0.29, 0.717) is 22.9 Å². The van der Waals surface area contributed by atoms with Crippen LogP contribution in [0.15, 0.2) is 59.6 Å². The largest absolute Gasteiger partial charge is 0.508 e. The highest BCUT2D eigenvalue weighted by molar-refractivity contribution is 6.29. The Balaban J connectivity index is 2.44. The van der Waals surface area contributed by atoms with Gasteiger partial charge in [0.2, 0.25) is 0 Å². The van der Waals surface area contributed by atoms with E-state index in [-0.39, 0.29) is 23.3 Å². The summed E-state index contributed by atoms with van der Waals surface area (Å²) in [6, 6.07) is 11.5. The topological polar surface area (TPSA) is 40.5 Å². The fourth-order valence-electron chi connectivity index (χ4n) is 3.87. The molecule has 0 saturated carbocycles. The lowest BCUT2D eigenvalue weighted by molar-refractivity contribution is 0.464. The van der Waals surface area contributed by atoms with Gasteiger partial charge in [-0.25, -0.2) is 0 Å². The van der Waals surface area contributed by atoms with Gasteiger partial charge in [-0.2, -0.15) is 0 Å². The molecule has 150 valence electrons. The van der Waals surface area contributed by atoms with Crippen LogP contribution in [0.3, 0.4) is 0 Å². The Kier molecular flexibility index (Phi) is 8.03. The lowest BCUT2D eigenvalue weighted by atomic mass is 9.77. The molecular formula is C24H28Cl2O2. The molecule has 0 heterocycles. The normalized spacial score (nSPS) is 13.1. The summed E-state index contributed by atoms with van der Waals surface area (Å²) >= 11 is 11.9. The maximum Gasteiger partial charge on any atom is 0.119 e. The standard InChI is InChI=1S/C24H28Cl2O2/c1-5-21(17-7-9-23(27)19(13-17)11-15(3)25)22(6-2)18-8-10-24(28)20(14-18)12-16(4)26/h7-10,13-14,21-22,27-28H,3-6,11-12H2,1-2H3. The van der Waals surface area contributed by atoms with Crippen molar-refractivity contribution >= 4 is 23.2 Å². The number of phenols is 2. The molecule has 0 amide bonds. The van der Waals surface area contributed by atoms with E-state index in [1.807, 2.05) is 24.3 Å². The van der Waals surface area contributed by atoms with Crippen LogP contribution < -0.4 is 0 Å². The molecule has 2 rings (SSSR count). The first-order valence-corrected chi connectivity index (χ1v) is 10.3. The maximum absolute atomic E-state index is 10.2. The molecule has 2 atom stereocenters. The molecule has 2 nitrogen and oxygen atoms in total. The second-order valence-electron chi connectivity index (χ2n) is 7.19. The summed E-state index contributed by atoms with van der Waals surface area (Å²) in [6.45, 7) is 11.8. The van der Waals surface area contributed by atoms with Crippen molar-refractivity contribution in [3.05, 3.63) is 81.9 Å². The molecule has 0 bridgehead atoms. The van der Waals surface area contributed by atoms with E-state index in [0.717, 1.165) is 35.1 Å². The monoisotopic (exact) mass is 418 g/mol. The number of aromatic hydroxyl groups is 2. The zero-order valence-electron chi connectivity index (χ0n) is 16.5. The van der Waals surface area contributed by atoms with E-state index < -0.39 is 0 Å². The summed E-state index contributed by atoms with van der Waals surface area (Å²) in [6.07, 6.45) is 2.78. The lowest BCUT2D eigenvalue weighted by Crippen LogP contribution is -2.11. The minimum atomic E-state index is 0.237. The Bertz CT molecular complexity index is 786. The van der Waals surface area contributed by atoms with Crippen molar-refractivity contribution in [1.29, 1.82) is 0 Å². The van der Waals surface area contributed by atoms with Crippen LogP contribution in [0.1, 0.15) is 60.8 Å². The summed E-state index contributed by atoms with van der Waals surface area (Å²) in [5.41, 5.74) is 3.90. The Morgan fingerprint density at radius 1 is 0.786 bits per heavy atom. The fraction of sp³-hybridized carbons (Fsp3) is 0.333. The van der Waals surface area contributed by atoms with Crippen molar-refractivity contribution in [3.8, 4) is 11.5 Å².